The first kappa shape index (κ1) is 8.93. The van der Waals surface area contributed by atoms with E-state index in [1.54, 1.807) is 0 Å². The van der Waals surface area contributed by atoms with Crippen molar-refractivity contribution in [3.8, 4) is 0 Å². The number of hydrogen-bond donors (Lipinski definition) is 1. The van der Waals surface area contributed by atoms with Crippen LogP contribution in [0.3, 0.4) is 0 Å². The van der Waals surface area contributed by atoms with Gasteiger partial charge in [0.05, 0.1) is 0 Å². The zero-order valence-corrected chi connectivity index (χ0v) is 9.01. The van der Waals surface area contributed by atoms with Crippen molar-refractivity contribution in [1.82, 2.24) is 5.32 Å². The van der Waals surface area contributed by atoms with E-state index in [0.717, 1.165) is 6.54 Å². The molecule has 0 heterocycles. The Balaban J connectivity index is 2.33. The fraction of sp³-hybridized carbons (Fsp3) is 0.286. The third-order valence-electron chi connectivity index (χ3n) is 3.33. The van der Waals surface area contributed by atoms with Crippen LogP contribution in [0.5, 0.6) is 0 Å². The maximum atomic E-state index is 3.24. The van der Waals surface area contributed by atoms with Gasteiger partial charge in [-0.25, -0.2) is 0 Å². The average molecular weight is 197 g/mol. The summed E-state index contributed by atoms with van der Waals surface area (Å²) < 4.78 is 0. The summed E-state index contributed by atoms with van der Waals surface area (Å²) in [5.41, 5.74) is 4.47. The molecule has 0 atom stereocenters. The molecule has 76 valence electrons. The van der Waals surface area contributed by atoms with Crippen molar-refractivity contribution in [2.24, 2.45) is 0 Å². The van der Waals surface area contributed by atoms with Crippen molar-refractivity contribution in [2.75, 3.05) is 7.05 Å². The summed E-state index contributed by atoms with van der Waals surface area (Å²) in [6, 6.07) is 11.3. The van der Waals surface area contributed by atoms with Crippen molar-refractivity contribution in [1.29, 1.82) is 0 Å². The number of hydrogen-bond acceptors (Lipinski definition) is 1. The lowest BCUT2D eigenvalue weighted by Crippen LogP contribution is -2.05. The Bertz CT molecular complexity index is 504. The molecule has 15 heavy (non-hydrogen) atoms. The fourth-order valence-electron chi connectivity index (χ4n) is 2.65. The summed E-state index contributed by atoms with van der Waals surface area (Å²) in [6.07, 6.45) is 2.44. The predicted octanol–water partition coefficient (Wildman–Crippen LogP) is 2.66. The van der Waals surface area contributed by atoms with Gasteiger partial charge in [-0.15, -0.1) is 0 Å². The van der Waals surface area contributed by atoms with Crippen molar-refractivity contribution in [3.63, 3.8) is 0 Å². The quantitative estimate of drug-likeness (QED) is 0.780. The van der Waals surface area contributed by atoms with Crippen LogP contribution in [0.2, 0.25) is 0 Å². The van der Waals surface area contributed by atoms with Gasteiger partial charge >= 0.3 is 0 Å². The maximum Gasteiger partial charge on any atom is 0.0208 e. The van der Waals surface area contributed by atoms with Crippen molar-refractivity contribution < 1.29 is 0 Å². The van der Waals surface area contributed by atoms with Gasteiger partial charge < -0.3 is 5.32 Å². The molecule has 0 saturated heterocycles. The molecule has 0 bridgehead atoms. The summed E-state index contributed by atoms with van der Waals surface area (Å²) >= 11 is 0. The minimum atomic E-state index is 0.959. The minimum absolute atomic E-state index is 0.959. The van der Waals surface area contributed by atoms with E-state index in [2.05, 4.69) is 35.6 Å². The third-order valence-corrected chi connectivity index (χ3v) is 3.33. The van der Waals surface area contributed by atoms with Gasteiger partial charge in [0.2, 0.25) is 0 Å². The molecule has 0 saturated carbocycles. The average Bonchev–Trinajstić information content (AvgIpc) is 2.68. The van der Waals surface area contributed by atoms with Gasteiger partial charge in [0.25, 0.3) is 0 Å². The molecule has 0 aromatic heterocycles. The SMILES string of the molecule is CNCc1ccc2c3c(cccc13)CC2. The Hall–Kier alpha value is -1.34. The molecular formula is C14H15N. The molecule has 1 nitrogen and oxygen atoms in total. The molecule has 0 spiro atoms. The fourth-order valence-corrected chi connectivity index (χ4v) is 2.65. The largest absolute Gasteiger partial charge is 0.316 e. The number of nitrogens with one attached hydrogen (secondary N) is 1. The minimum Gasteiger partial charge on any atom is -0.316 e. The van der Waals surface area contributed by atoms with Crippen LogP contribution in [-0.4, -0.2) is 7.05 Å². The van der Waals surface area contributed by atoms with Gasteiger partial charge in [-0.05, 0) is 47.4 Å². The van der Waals surface area contributed by atoms with Crippen LogP contribution in [0.15, 0.2) is 30.3 Å². The molecule has 3 rings (SSSR count). The van der Waals surface area contributed by atoms with Crippen molar-refractivity contribution in [3.05, 3.63) is 47.0 Å². The van der Waals surface area contributed by atoms with Crippen LogP contribution in [0.4, 0.5) is 0 Å². The van der Waals surface area contributed by atoms with Gasteiger partial charge in [-0.2, -0.15) is 0 Å². The highest BCUT2D eigenvalue weighted by Crippen LogP contribution is 2.32. The Kier molecular flexibility index (Phi) is 2.00. The van der Waals surface area contributed by atoms with Gasteiger partial charge in [0.15, 0.2) is 0 Å². The smallest absolute Gasteiger partial charge is 0.0208 e. The predicted molar refractivity (Wildman–Crippen MR) is 64.1 cm³/mol. The molecule has 1 aliphatic carbocycles. The summed E-state index contributed by atoms with van der Waals surface area (Å²) in [6.45, 7) is 0.959. The van der Waals surface area contributed by atoms with Gasteiger partial charge in [-0.3, -0.25) is 0 Å². The second-order valence-electron chi connectivity index (χ2n) is 4.25. The Morgan fingerprint density at radius 2 is 1.87 bits per heavy atom. The summed E-state index contributed by atoms with van der Waals surface area (Å²) in [7, 11) is 2.00. The second kappa shape index (κ2) is 3.35. The highest BCUT2D eigenvalue weighted by molar-refractivity contribution is 5.93. The van der Waals surface area contributed by atoms with E-state index in [1.165, 1.54) is 40.3 Å². The summed E-state index contributed by atoms with van der Waals surface area (Å²) in [5.74, 6) is 0. The lowest BCUT2D eigenvalue weighted by Gasteiger charge is -2.08. The van der Waals surface area contributed by atoms with Crippen LogP contribution in [0.25, 0.3) is 10.8 Å². The highest BCUT2D eigenvalue weighted by atomic mass is 14.8. The van der Waals surface area contributed by atoms with Gasteiger partial charge in [-0.1, -0.05) is 30.3 Å². The molecule has 0 unspecified atom stereocenters. The number of benzene rings is 2. The van der Waals surface area contributed by atoms with Gasteiger partial charge in [0, 0.05) is 6.54 Å². The van der Waals surface area contributed by atoms with Crippen molar-refractivity contribution >= 4 is 10.8 Å². The Morgan fingerprint density at radius 1 is 1.07 bits per heavy atom. The normalized spacial score (nSPS) is 13.7. The van der Waals surface area contributed by atoms with E-state index in [-0.39, 0.29) is 0 Å². The van der Waals surface area contributed by atoms with Crippen LogP contribution >= 0.6 is 0 Å². The van der Waals surface area contributed by atoms with Crippen LogP contribution < -0.4 is 5.32 Å². The molecule has 1 heteroatoms. The first-order valence-electron chi connectivity index (χ1n) is 5.57. The third kappa shape index (κ3) is 1.27. The van der Waals surface area contributed by atoms with Gasteiger partial charge in [0.1, 0.15) is 0 Å². The highest BCUT2D eigenvalue weighted by Gasteiger charge is 2.14. The molecular weight excluding hydrogens is 182 g/mol. The molecule has 0 radical (unpaired) electrons. The molecule has 0 aliphatic heterocycles. The lowest BCUT2D eigenvalue weighted by molar-refractivity contribution is 0.823. The molecule has 0 fully saturated rings. The standard InChI is InChI=1S/C14H15N/c1-15-9-12-8-7-11-6-5-10-3-2-4-13(12)14(10)11/h2-4,7-8,15H,5-6,9H2,1H3. The Labute approximate surface area is 90.1 Å². The van der Waals surface area contributed by atoms with Crippen LogP contribution in [-0.2, 0) is 19.4 Å². The summed E-state index contributed by atoms with van der Waals surface area (Å²) in [5, 5.41) is 6.20. The zero-order valence-electron chi connectivity index (χ0n) is 9.01. The molecule has 2 aromatic carbocycles. The molecule has 0 amide bonds. The first-order valence-corrected chi connectivity index (χ1v) is 5.57. The molecule has 1 aliphatic rings. The topological polar surface area (TPSA) is 12.0 Å². The van der Waals surface area contributed by atoms with E-state index < -0.39 is 0 Å². The Morgan fingerprint density at radius 3 is 2.67 bits per heavy atom. The lowest BCUT2D eigenvalue weighted by atomic mass is 10.00. The number of aryl methyl sites for hydroxylation is 2. The second-order valence-corrected chi connectivity index (χ2v) is 4.25. The van der Waals surface area contributed by atoms with E-state index in [1.807, 2.05) is 7.05 Å². The molecule has 2 aromatic rings. The zero-order chi connectivity index (χ0) is 10.3. The van der Waals surface area contributed by atoms with Crippen LogP contribution in [0.1, 0.15) is 16.7 Å². The van der Waals surface area contributed by atoms with Crippen molar-refractivity contribution in [2.45, 2.75) is 19.4 Å². The monoisotopic (exact) mass is 197 g/mol. The maximum absolute atomic E-state index is 3.24. The van der Waals surface area contributed by atoms with Crippen LogP contribution in [0, 0.1) is 0 Å². The summed E-state index contributed by atoms with van der Waals surface area (Å²) in [4.78, 5) is 0. The molecule has 1 N–H and O–H groups in total. The van der Waals surface area contributed by atoms with E-state index in [9.17, 15) is 0 Å². The number of rotatable bonds is 2. The van der Waals surface area contributed by atoms with E-state index >= 15 is 0 Å². The van der Waals surface area contributed by atoms with E-state index in [0.29, 0.717) is 0 Å². The first-order chi connectivity index (χ1) is 7.40. The van der Waals surface area contributed by atoms with E-state index in [4.69, 9.17) is 0 Å².